The van der Waals surface area contributed by atoms with Crippen LogP contribution in [0.5, 0.6) is 0 Å². The highest BCUT2D eigenvalue weighted by Crippen LogP contribution is 2.04. The lowest BCUT2D eigenvalue weighted by Crippen LogP contribution is -2.38. The molecule has 0 aliphatic heterocycles. The van der Waals surface area contributed by atoms with Gasteiger partial charge in [-0.3, -0.25) is 4.99 Å². The Morgan fingerprint density at radius 1 is 1.08 bits per heavy atom. The summed E-state index contributed by atoms with van der Waals surface area (Å²) < 4.78 is 0. The van der Waals surface area contributed by atoms with Gasteiger partial charge in [0.25, 0.3) is 0 Å². The normalized spacial score (nSPS) is 11.2. The number of pyridine rings is 1. The van der Waals surface area contributed by atoms with Gasteiger partial charge in [-0.05, 0) is 37.5 Å². The number of nitrogens with one attached hydrogen (secondary N) is 2. The number of hydrogen-bond acceptors (Lipinski definition) is 3. The van der Waals surface area contributed by atoms with Crippen LogP contribution >= 0.6 is 0 Å². The van der Waals surface area contributed by atoms with Crippen molar-refractivity contribution in [3.63, 3.8) is 0 Å². The number of hydrogen-bond donors (Lipinski definition) is 2. The number of anilines is 1. The molecule has 0 saturated carbocycles. The molecule has 2 N–H and O–H groups in total. The minimum Gasteiger partial charge on any atom is -0.370 e. The van der Waals surface area contributed by atoms with Crippen molar-refractivity contribution in [2.24, 2.45) is 4.99 Å². The highest BCUT2D eigenvalue weighted by molar-refractivity contribution is 5.79. The third kappa shape index (κ3) is 7.25. The molecule has 0 spiro atoms. The van der Waals surface area contributed by atoms with E-state index in [1.54, 1.807) is 6.20 Å². The van der Waals surface area contributed by atoms with Gasteiger partial charge in [0.1, 0.15) is 5.82 Å². The summed E-state index contributed by atoms with van der Waals surface area (Å²) in [5, 5.41) is 6.70. The topological polar surface area (TPSA) is 52.6 Å². The lowest BCUT2D eigenvalue weighted by atomic mass is 10.2. The van der Waals surface area contributed by atoms with Crippen LogP contribution in [0.25, 0.3) is 0 Å². The van der Waals surface area contributed by atoms with E-state index in [2.05, 4.69) is 58.8 Å². The van der Waals surface area contributed by atoms with Crippen LogP contribution in [0.4, 0.5) is 5.82 Å². The average Bonchev–Trinajstić information content (AvgIpc) is 2.65. The van der Waals surface area contributed by atoms with Crippen molar-refractivity contribution in [2.75, 3.05) is 32.0 Å². The minimum absolute atomic E-state index is 0.825. The van der Waals surface area contributed by atoms with Crippen LogP contribution in [0.3, 0.4) is 0 Å². The summed E-state index contributed by atoms with van der Waals surface area (Å²) >= 11 is 0. The lowest BCUT2D eigenvalue weighted by molar-refractivity contribution is 0.476. The second kappa shape index (κ2) is 11.1. The van der Waals surface area contributed by atoms with Crippen LogP contribution < -0.4 is 10.6 Å². The Bertz CT molecular complexity index is 612. The fraction of sp³-hybridized carbons (Fsp3) is 0.400. The molecule has 1 aromatic heterocycles. The predicted octanol–water partition coefficient (Wildman–Crippen LogP) is 3.37. The quantitative estimate of drug-likeness (QED) is 0.418. The van der Waals surface area contributed by atoms with E-state index >= 15 is 0 Å². The molecule has 0 unspecified atom stereocenters. The summed E-state index contributed by atoms with van der Waals surface area (Å²) in [6.07, 6.45) is 3.92. The Hall–Kier alpha value is -2.56. The van der Waals surface area contributed by atoms with Crippen molar-refractivity contribution in [1.29, 1.82) is 0 Å². The summed E-state index contributed by atoms with van der Waals surface area (Å²) in [6, 6.07) is 16.4. The van der Waals surface area contributed by atoms with Crippen molar-refractivity contribution >= 4 is 11.8 Å². The van der Waals surface area contributed by atoms with Gasteiger partial charge in [-0.25, -0.2) is 4.98 Å². The van der Waals surface area contributed by atoms with Crippen LogP contribution in [0.1, 0.15) is 25.3 Å². The number of aliphatic imine (C=N–C) groups is 1. The van der Waals surface area contributed by atoms with Crippen LogP contribution in [0.2, 0.25) is 0 Å². The number of guanidine groups is 1. The molecule has 134 valence electrons. The maximum absolute atomic E-state index is 4.74. The molecular weight excluding hydrogens is 310 g/mol. The number of aromatic nitrogens is 1. The number of unbranched alkanes of at least 4 members (excludes halogenated alkanes) is 1. The van der Waals surface area contributed by atoms with Gasteiger partial charge in [-0.1, -0.05) is 36.4 Å². The molecule has 0 saturated heterocycles. The van der Waals surface area contributed by atoms with E-state index in [9.17, 15) is 0 Å². The fourth-order valence-corrected chi connectivity index (χ4v) is 2.51. The molecule has 0 aliphatic rings. The molecule has 0 fully saturated rings. The molecule has 5 heteroatoms. The average molecular weight is 339 g/mol. The molecule has 1 heterocycles. The highest BCUT2D eigenvalue weighted by Gasteiger charge is 2.05. The van der Waals surface area contributed by atoms with Crippen molar-refractivity contribution in [1.82, 2.24) is 15.2 Å². The van der Waals surface area contributed by atoms with Gasteiger partial charge >= 0.3 is 0 Å². The predicted molar refractivity (Wildman–Crippen MR) is 106 cm³/mol. The monoisotopic (exact) mass is 339 g/mol. The first-order valence-electron chi connectivity index (χ1n) is 8.98. The Balaban J connectivity index is 1.73. The Labute approximate surface area is 151 Å². The van der Waals surface area contributed by atoms with E-state index in [1.807, 2.05) is 24.3 Å². The molecule has 5 nitrogen and oxygen atoms in total. The second-order valence-electron chi connectivity index (χ2n) is 5.93. The van der Waals surface area contributed by atoms with Crippen LogP contribution in [0, 0.1) is 0 Å². The summed E-state index contributed by atoms with van der Waals surface area (Å²) in [5.74, 6) is 1.89. The zero-order chi connectivity index (χ0) is 17.7. The van der Waals surface area contributed by atoms with Gasteiger partial charge in [0.15, 0.2) is 5.96 Å². The lowest BCUT2D eigenvalue weighted by Gasteiger charge is -2.22. The smallest absolute Gasteiger partial charge is 0.193 e. The number of rotatable bonds is 9. The summed E-state index contributed by atoms with van der Waals surface area (Å²) in [5.41, 5.74) is 1.29. The first-order valence-corrected chi connectivity index (χ1v) is 8.98. The molecule has 0 atom stereocenters. The van der Waals surface area contributed by atoms with Gasteiger partial charge in [-0.15, -0.1) is 0 Å². The molecule has 0 bridgehead atoms. The third-order valence-electron chi connectivity index (χ3n) is 3.78. The van der Waals surface area contributed by atoms with E-state index in [0.717, 1.165) is 50.8 Å². The largest absolute Gasteiger partial charge is 0.370 e. The summed E-state index contributed by atoms with van der Waals surface area (Å²) in [7, 11) is 2.08. The summed E-state index contributed by atoms with van der Waals surface area (Å²) in [6.45, 7) is 5.57. The highest BCUT2D eigenvalue weighted by atomic mass is 15.3. The Morgan fingerprint density at radius 3 is 2.60 bits per heavy atom. The molecule has 0 radical (unpaired) electrons. The van der Waals surface area contributed by atoms with Crippen molar-refractivity contribution in [3.05, 3.63) is 60.3 Å². The van der Waals surface area contributed by atoms with Gasteiger partial charge in [0.05, 0.1) is 0 Å². The van der Waals surface area contributed by atoms with Crippen molar-refractivity contribution in [3.8, 4) is 0 Å². The molecule has 25 heavy (non-hydrogen) atoms. The maximum Gasteiger partial charge on any atom is 0.193 e. The number of nitrogens with zero attached hydrogens (tertiary/aromatic N) is 3. The van der Waals surface area contributed by atoms with Gasteiger partial charge in [-0.2, -0.15) is 0 Å². The van der Waals surface area contributed by atoms with E-state index in [1.165, 1.54) is 5.56 Å². The second-order valence-corrected chi connectivity index (χ2v) is 5.93. The fourth-order valence-electron chi connectivity index (χ4n) is 2.51. The summed E-state index contributed by atoms with van der Waals surface area (Å²) in [4.78, 5) is 11.2. The van der Waals surface area contributed by atoms with Gasteiger partial charge in [0.2, 0.25) is 0 Å². The first-order chi connectivity index (χ1) is 12.3. The van der Waals surface area contributed by atoms with E-state index in [-0.39, 0.29) is 0 Å². The van der Waals surface area contributed by atoms with Crippen molar-refractivity contribution < 1.29 is 0 Å². The van der Waals surface area contributed by atoms with E-state index in [4.69, 9.17) is 4.99 Å². The van der Waals surface area contributed by atoms with Crippen molar-refractivity contribution in [2.45, 2.75) is 26.3 Å². The Morgan fingerprint density at radius 2 is 1.88 bits per heavy atom. The van der Waals surface area contributed by atoms with E-state index < -0.39 is 0 Å². The molecule has 1 aromatic carbocycles. The number of benzene rings is 1. The van der Waals surface area contributed by atoms with Gasteiger partial charge < -0.3 is 15.5 Å². The molecule has 0 amide bonds. The third-order valence-corrected chi connectivity index (χ3v) is 3.78. The zero-order valence-electron chi connectivity index (χ0n) is 15.3. The molecule has 2 aromatic rings. The maximum atomic E-state index is 4.74. The van der Waals surface area contributed by atoms with Crippen LogP contribution in [-0.4, -0.2) is 42.5 Å². The van der Waals surface area contributed by atoms with Crippen LogP contribution in [0.15, 0.2) is 59.7 Å². The molecule has 2 rings (SSSR count). The molecular formula is C20H29N5. The minimum atomic E-state index is 0.825. The SMILES string of the molecule is CCNC(=NCCCCNc1ccccn1)N(C)Cc1ccccc1. The van der Waals surface area contributed by atoms with Crippen LogP contribution in [-0.2, 0) is 6.54 Å². The standard InChI is InChI=1S/C20H29N5/c1-3-21-20(25(2)17-18-11-5-4-6-12-18)24-16-10-9-15-23-19-13-7-8-14-22-19/h4-8,11-14H,3,9-10,15-17H2,1-2H3,(H,21,24)(H,22,23). The zero-order valence-corrected chi connectivity index (χ0v) is 15.3. The molecule has 0 aliphatic carbocycles. The first kappa shape index (κ1) is 18.8. The van der Waals surface area contributed by atoms with E-state index in [0.29, 0.717) is 0 Å². The van der Waals surface area contributed by atoms with Gasteiger partial charge in [0, 0.05) is 39.4 Å². The Kier molecular flexibility index (Phi) is 8.32.